The van der Waals surface area contributed by atoms with Crippen LogP contribution in [0.4, 0.5) is 0 Å². The highest BCUT2D eigenvalue weighted by molar-refractivity contribution is 7.89. The molecule has 1 aliphatic heterocycles. The molecule has 0 atom stereocenters. The van der Waals surface area contributed by atoms with Crippen molar-refractivity contribution in [1.82, 2.24) is 10.0 Å². The summed E-state index contributed by atoms with van der Waals surface area (Å²) in [5.74, 6) is 0. The van der Waals surface area contributed by atoms with E-state index in [2.05, 4.69) is 10.0 Å². The van der Waals surface area contributed by atoms with E-state index in [1.165, 1.54) is 12.1 Å². The molecule has 0 aliphatic carbocycles. The third kappa shape index (κ3) is 2.52. The number of hydrogen-bond acceptors (Lipinski definition) is 5. The minimum absolute atomic E-state index is 0.0663. The molecule has 96 valence electrons. The van der Waals surface area contributed by atoms with Gasteiger partial charge in [-0.2, -0.15) is 5.26 Å². The van der Waals surface area contributed by atoms with Crippen LogP contribution < -0.4 is 10.0 Å². The van der Waals surface area contributed by atoms with E-state index in [0.717, 1.165) is 0 Å². The van der Waals surface area contributed by atoms with Gasteiger partial charge in [-0.05, 0) is 12.1 Å². The van der Waals surface area contributed by atoms with Gasteiger partial charge in [0, 0.05) is 19.6 Å². The van der Waals surface area contributed by atoms with E-state index in [-0.39, 0.29) is 17.0 Å². The summed E-state index contributed by atoms with van der Waals surface area (Å²) in [6.07, 6.45) is 0. The lowest BCUT2D eigenvalue weighted by Crippen LogP contribution is -2.64. The Morgan fingerprint density at radius 2 is 2.11 bits per heavy atom. The Bertz CT molecular complexity index is 588. The molecule has 18 heavy (non-hydrogen) atoms. The van der Waals surface area contributed by atoms with Gasteiger partial charge in [0.25, 0.3) is 0 Å². The van der Waals surface area contributed by atoms with Gasteiger partial charge in [-0.15, -0.1) is 0 Å². The maximum atomic E-state index is 12.0. The summed E-state index contributed by atoms with van der Waals surface area (Å²) in [4.78, 5) is -0.0663. The highest BCUT2D eigenvalue weighted by atomic mass is 32.2. The zero-order valence-corrected chi connectivity index (χ0v) is 10.4. The summed E-state index contributed by atoms with van der Waals surface area (Å²) >= 11 is 0. The second-order valence-corrected chi connectivity index (χ2v) is 6.00. The van der Waals surface area contributed by atoms with Crippen molar-refractivity contribution in [1.29, 1.82) is 5.26 Å². The van der Waals surface area contributed by atoms with Crippen molar-refractivity contribution < 1.29 is 13.5 Å². The highest BCUT2D eigenvalue weighted by Gasteiger charge is 2.35. The average Bonchev–Trinajstić information content (AvgIpc) is 2.34. The number of nitrogens with zero attached hydrogens (tertiary/aromatic N) is 1. The number of β-amino-alcohol motifs (C(OH)–C–C–N with tert-alkyl or cyclic N) is 1. The molecule has 2 rings (SSSR count). The molecule has 1 fully saturated rings. The topological polar surface area (TPSA) is 102 Å². The molecule has 3 N–H and O–H groups in total. The predicted molar refractivity (Wildman–Crippen MR) is 64.2 cm³/mol. The van der Waals surface area contributed by atoms with E-state index in [4.69, 9.17) is 5.26 Å². The number of benzene rings is 1. The molecule has 0 bridgehead atoms. The van der Waals surface area contributed by atoms with Crippen LogP contribution in [0.25, 0.3) is 0 Å². The Balaban J connectivity index is 2.18. The summed E-state index contributed by atoms with van der Waals surface area (Å²) < 4.78 is 26.3. The first kappa shape index (κ1) is 13.0. The van der Waals surface area contributed by atoms with Crippen molar-refractivity contribution in [2.75, 3.05) is 19.6 Å². The molecule has 1 saturated heterocycles. The minimum Gasteiger partial charge on any atom is -0.386 e. The van der Waals surface area contributed by atoms with Gasteiger partial charge in [0.05, 0.1) is 10.5 Å². The third-order valence-electron chi connectivity index (χ3n) is 2.80. The molecule has 0 aromatic heterocycles. The monoisotopic (exact) mass is 267 g/mol. The SMILES string of the molecule is N#Cc1ccccc1S(=O)(=O)NCC1(O)CNC1. The first-order valence-corrected chi connectivity index (χ1v) is 6.87. The standard InChI is InChI=1S/C11H13N3O3S/c12-5-9-3-1-2-4-10(9)18(16,17)14-8-11(15)6-13-7-11/h1-4,13-15H,6-8H2. The van der Waals surface area contributed by atoms with E-state index >= 15 is 0 Å². The molecule has 1 aromatic rings. The molecule has 1 heterocycles. The molecule has 0 amide bonds. The lowest BCUT2D eigenvalue weighted by atomic mass is 9.98. The lowest BCUT2D eigenvalue weighted by molar-refractivity contribution is -0.00397. The van der Waals surface area contributed by atoms with Crippen molar-refractivity contribution in [2.45, 2.75) is 10.5 Å². The Labute approximate surface area is 105 Å². The molecule has 1 aliphatic rings. The van der Waals surface area contributed by atoms with Crippen LogP contribution >= 0.6 is 0 Å². The largest absolute Gasteiger partial charge is 0.386 e. The first-order valence-electron chi connectivity index (χ1n) is 5.39. The van der Waals surface area contributed by atoms with E-state index in [0.29, 0.717) is 13.1 Å². The van der Waals surface area contributed by atoms with Crippen molar-refractivity contribution in [3.05, 3.63) is 29.8 Å². The maximum Gasteiger partial charge on any atom is 0.241 e. The van der Waals surface area contributed by atoms with Crippen LogP contribution in [0.15, 0.2) is 29.2 Å². The van der Waals surface area contributed by atoms with Gasteiger partial charge >= 0.3 is 0 Å². The quantitative estimate of drug-likeness (QED) is 0.661. The van der Waals surface area contributed by atoms with Crippen LogP contribution in [-0.2, 0) is 10.0 Å². The number of aliphatic hydroxyl groups is 1. The zero-order valence-electron chi connectivity index (χ0n) is 9.55. The second-order valence-electron chi connectivity index (χ2n) is 4.26. The van der Waals surface area contributed by atoms with Crippen molar-refractivity contribution >= 4 is 10.0 Å². The van der Waals surface area contributed by atoms with Gasteiger partial charge in [-0.1, -0.05) is 12.1 Å². The molecule has 0 unspecified atom stereocenters. The van der Waals surface area contributed by atoms with Crippen LogP contribution in [0.2, 0.25) is 0 Å². The lowest BCUT2D eigenvalue weighted by Gasteiger charge is -2.37. The van der Waals surface area contributed by atoms with E-state index in [9.17, 15) is 13.5 Å². The molecule has 0 saturated carbocycles. The summed E-state index contributed by atoms with van der Waals surface area (Å²) in [7, 11) is -3.77. The second kappa shape index (κ2) is 4.66. The highest BCUT2D eigenvalue weighted by Crippen LogP contribution is 2.15. The normalized spacial score (nSPS) is 17.8. The third-order valence-corrected chi connectivity index (χ3v) is 4.26. The first-order chi connectivity index (χ1) is 8.47. The number of sulfonamides is 1. The van der Waals surface area contributed by atoms with Crippen molar-refractivity contribution in [3.8, 4) is 6.07 Å². The van der Waals surface area contributed by atoms with Gasteiger partial charge in [-0.3, -0.25) is 0 Å². The Kier molecular flexibility index (Phi) is 3.36. The van der Waals surface area contributed by atoms with Gasteiger partial charge in [-0.25, -0.2) is 13.1 Å². The summed E-state index contributed by atoms with van der Waals surface area (Å²) in [6, 6.07) is 7.79. The van der Waals surface area contributed by atoms with Crippen LogP contribution in [0.5, 0.6) is 0 Å². The average molecular weight is 267 g/mol. The fourth-order valence-corrected chi connectivity index (χ4v) is 2.91. The fourth-order valence-electron chi connectivity index (χ4n) is 1.64. The number of nitriles is 1. The van der Waals surface area contributed by atoms with Gasteiger partial charge in [0.1, 0.15) is 11.7 Å². The molecule has 0 radical (unpaired) electrons. The number of hydrogen-bond donors (Lipinski definition) is 3. The van der Waals surface area contributed by atoms with Gasteiger partial charge in [0.15, 0.2) is 0 Å². The van der Waals surface area contributed by atoms with E-state index < -0.39 is 15.6 Å². The Morgan fingerprint density at radius 3 is 2.67 bits per heavy atom. The Morgan fingerprint density at radius 1 is 1.44 bits per heavy atom. The van der Waals surface area contributed by atoms with Crippen LogP contribution in [0.1, 0.15) is 5.56 Å². The number of rotatable bonds is 4. The molecular weight excluding hydrogens is 254 g/mol. The predicted octanol–water partition coefficient (Wildman–Crippen LogP) is -0.829. The van der Waals surface area contributed by atoms with Crippen LogP contribution in [-0.4, -0.2) is 38.8 Å². The van der Waals surface area contributed by atoms with Crippen molar-refractivity contribution in [3.63, 3.8) is 0 Å². The molecule has 7 heteroatoms. The zero-order chi connectivity index (χ0) is 13.2. The van der Waals surface area contributed by atoms with Gasteiger partial charge < -0.3 is 10.4 Å². The number of nitrogens with one attached hydrogen (secondary N) is 2. The fraction of sp³-hybridized carbons (Fsp3) is 0.364. The Hall–Kier alpha value is -1.46. The van der Waals surface area contributed by atoms with E-state index in [1.54, 1.807) is 12.1 Å². The molecule has 6 nitrogen and oxygen atoms in total. The summed E-state index contributed by atoms with van der Waals surface area (Å²) in [5, 5.41) is 21.5. The summed E-state index contributed by atoms with van der Waals surface area (Å²) in [6.45, 7) is 0.646. The molecule has 0 spiro atoms. The molecular formula is C11H13N3O3S. The maximum absolute atomic E-state index is 12.0. The van der Waals surface area contributed by atoms with Crippen LogP contribution in [0.3, 0.4) is 0 Å². The molecule has 1 aromatic carbocycles. The van der Waals surface area contributed by atoms with E-state index in [1.807, 2.05) is 6.07 Å². The van der Waals surface area contributed by atoms with Crippen LogP contribution in [0, 0.1) is 11.3 Å². The van der Waals surface area contributed by atoms with Crippen molar-refractivity contribution in [2.24, 2.45) is 0 Å². The smallest absolute Gasteiger partial charge is 0.241 e. The summed E-state index contributed by atoms with van der Waals surface area (Å²) in [5.41, 5.74) is -0.946. The van der Waals surface area contributed by atoms with Gasteiger partial charge in [0.2, 0.25) is 10.0 Å². The minimum atomic E-state index is -3.77.